The van der Waals surface area contributed by atoms with E-state index in [-0.39, 0.29) is 47.0 Å². The van der Waals surface area contributed by atoms with Gasteiger partial charge in [-0.15, -0.1) is 0 Å². The fourth-order valence-electron chi connectivity index (χ4n) is 3.31. The lowest BCUT2D eigenvalue weighted by atomic mass is 9.52. The van der Waals surface area contributed by atoms with E-state index >= 15 is 0 Å². The summed E-state index contributed by atoms with van der Waals surface area (Å²) >= 11 is 0. The third kappa shape index (κ3) is 1.50. The molecule has 1 saturated carbocycles. The van der Waals surface area contributed by atoms with Gasteiger partial charge in [-0.3, -0.25) is 9.59 Å². The van der Waals surface area contributed by atoms with E-state index in [1.807, 2.05) is 12.2 Å². The molecule has 106 valence electrons. The molecule has 0 aromatic heterocycles. The van der Waals surface area contributed by atoms with Crippen molar-refractivity contribution in [2.24, 2.45) is 28.8 Å². The summed E-state index contributed by atoms with van der Waals surface area (Å²) in [4.78, 5) is 24.4. The highest BCUT2D eigenvalue weighted by atomic mass is 16.3. The predicted octanol–water partition coefficient (Wildman–Crippen LogP) is 0.849. The minimum Gasteiger partial charge on any atom is -0.504 e. The predicted molar refractivity (Wildman–Crippen MR) is 72.3 cm³/mol. The Labute approximate surface area is 120 Å². The summed E-state index contributed by atoms with van der Waals surface area (Å²) in [5, 5.41) is 23.5. The number of rotatable bonds is 2. The first-order valence-corrected chi connectivity index (χ1v) is 6.70. The van der Waals surface area contributed by atoms with Gasteiger partial charge in [0.15, 0.2) is 11.5 Å². The summed E-state index contributed by atoms with van der Waals surface area (Å²) in [6, 6.07) is 4.16. The van der Waals surface area contributed by atoms with E-state index in [9.17, 15) is 19.8 Å². The lowest BCUT2D eigenvalue weighted by Gasteiger charge is -2.48. The molecule has 2 amide bonds. The van der Waals surface area contributed by atoms with Crippen molar-refractivity contribution in [3.05, 3.63) is 35.9 Å². The van der Waals surface area contributed by atoms with Crippen molar-refractivity contribution >= 4 is 18.0 Å². The van der Waals surface area contributed by atoms with E-state index in [1.54, 1.807) is 0 Å². The maximum atomic E-state index is 12.2. The van der Waals surface area contributed by atoms with Crippen molar-refractivity contribution in [3.63, 3.8) is 0 Å². The summed E-state index contributed by atoms with van der Waals surface area (Å²) in [5.74, 6) is -1.13. The molecule has 0 spiro atoms. The van der Waals surface area contributed by atoms with E-state index in [4.69, 9.17) is 0 Å². The van der Waals surface area contributed by atoms with E-state index in [2.05, 4.69) is 5.10 Å². The van der Waals surface area contributed by atoms with E-state index in [0.717, 1.165) is 5.01 Å². The summed E-state index contributed by atoms with van der Waals surface area (Å²) in [6.07, 6.45) is 5.28. The fraction of sp³-hybridized carbons (Fsp3) is 0.267. The number of aromatic hydroxyl groups is 2. The summed E-state index contributed by atoms with van der Waals surface area (Å²) in [6.45, 7) is 0. The van der Waals surface area contributed by atoms with Crippen LogP contribution in [0.15, 0.2) is 35.5 Å². The third-order valence-corrected chi connectivity index (χ3v) is 4.53. The van der Waals surface area contributed by atoms with Gasteiger partial charge in [0.05, 0.1) is 18.1 Å². The number of amides is 2. The molecule has 6 heteroatoms. The monoisotopic (exact) mass is 284 g/mol. The Hall–Kier alpha value is -2.63. The van der Waals surface area contributed by atoms with E-state index < -0.39 is 0 Å². The van der Waals surface area contributed by atoms with Crippen LogP contribution in [-0.2, 0) is 9.59 Å². The van der Waals surface area contributed by atoms with Gasteiger partial charge in [-0.1, -0.05) is 12.2 Å². The molecule has 1 aromatic carbocycles. The maximum absolute atomic E-state index is 12.2. The molecule has 1 unspecified atom stereocenters. The van der Waals surface area contributed by atoms with Gasteiger partial charge in [0.1, 0.15) is 0 Å². The number of carbonyl (C=O) groups excluding carboxylic acids is 2. The highest BCUT2D eigenvalue weighted by Crippen LogP contribution is 2.57. The number of benzene rings is 1. The number of fused-ring (bicyclic) bond motifs is 4. The van der Waals surface area contributed by atoms with Gasteiger partial charge in [0.2, 0.25) is 0 Å². The van der Waals surface area contributed by atoms with Gasteiger partial charge in [-0.25, -0.2) is 0 Å². The molecule has 21 heavy (non-hydrogen) atoms. The molecule has 2 N–H and O–H groups in total. The van der Waals surface area contributed by atoms with Gasteiger partial charge < -0.3 is 10.2 Å². The first kappa shape index (κ1) is 12.1. The topological polar surface area (TPSA) is 90.2 Å². The number of phenolic OH excluding ortho intramolecular Hbond substituents is 2. The zero-order valence-electron chi connectivity index (χ0n) is 10.9. The molecule has 1 aromatic rings. The first-order chi connectivity index (χ1) is 10.1. The molecule has 4 rings (SSSR count). The minimum absolute atomic E-state index is 0.198. The largest absolute Gasteiger partial charge is 0.504 e. The smallest absolute Gasteiger partial charge is 0.254 e. The van der Waals surface area contributed by atoms with E-state index in [1.165, 1.54) is 24.4 Å². The molecule has 0 bridgehead atoms. The molecular formula is C15H12N2O4. The summed E-state index contributed by atoms with van der Waals surface area (Å²) < 4.78 is 0. The SMILES string of the molecule is O=C1[C@@H]2[C@H](C(=O)N1/N=C/c1ccc(O)c(O)c1)C1C=C[C@@H]12. The maximum Gasteiger partial charge on any atom is 0.254 e. The van der Waals surface area contributed by atoms with Gasteiger partial charge in [0.25, 0.3) is 11.8 Å². The normalized spacial score (nSPS) is 32.9. The molecule has 4 atom stereocenters. The molecule has 2 aliphatic carbocycles. The van der Waals surface area contributed by atoms with Crippen LogP contribution in [-0.4, -0.2) is 33.3 Å². The van der Waals surface area contributed by atoms with Crippen LogP contribution in [0.2, 0.25) is 0 Å². The zero-order valence-corrected chi connectivity index (χ0v) is 10.9. The molecule has 2 fully saturated rings. The van der Waals surface area contributed by atoms with Gasteiger partial charge in [-0.05, 0) is 35.6 Å². The Morgan fingerprint density at radius 3 is 2.14 bits per heavy atom. The second-order valence-electron chi connectivity index (χ2n) is 5.57. The Morgan fingerprint density at radius 2 is 1.62 bits per heavy atom. The number of imide groups is 1. The van der Waals surface area contributed by atoms with Crippen LogP contribution in [0, 0.1) is 23.7 Å². The highest BCUT2D eigenvalue weighted by Gasteiger charge is 2.65. The van der Waals surface area contributed by atoms with Crippen LogP contribution >= 0.6 is 0 Å². The van der Waals surface area contributed by atoms with Crippen LogP contribution < -0.4 is 0 Å². The molecule has 1 aliphatic heterocycles. The second-order valence-corrected chi connectivity index (χ2v) is 5.57. The molecule has 6 nitrogen and oxygen atoms in total. The van der Waals surface area contributed by atoms with E-state index in [0.29, 0.717) is 5.56 Å². The second kappa shape index (κ2) is 3.94. The molecule has 1 saturated heterocycles. The number of hydrogen-bond donors (Lipinski definition) is 2. The zero-order chi connectivity index (χ0) is 14.7. The Balaban J connectivity index is 1.57. The number of nitrogens with zero attached hydrogens (tertiary/aromatic N) is 2. The van der Waals surface area contributed by atoms with Crippen molar-refractivity contribution in [2.45, 2.75) is 0 Å². The Kier molecular flexibility index (Phi) is 2.28. The molecule has 3 aliphatic rings. The summed E-state index contributed by atoms with van der Waals surface area (Å²) in [5.41, 5.74) is 0.492. The number of hydrogen-bond acceptors (Lipinski definition) is 5. The average Bonchev–Trinajstić information content (AvgIpc) is 2.62. The number of hydrazone groups is 1. The van der Waals surface area contributed by atoms with Crippen LogP contribution in [0.4, 0.5) is 0 Å². The van der Waals surface area contributed by atoms with Crippen molar-refractivity contribution < 1.29 is 19.8 Å². The van der Waals surface area contributed by atoms with Crippen LogP contribution in [0.1, 0.15) is 5.56 Å². The Morgan fingerprint density at radius 1 is 1.00 bits per heavy atom. The minimum atomic E-state index is -0.277. The van der Waals surface area contributed by atoms with Crippen LogP contribution in [0.5, 0.6) is 11.5 Å². The number of allylic oxidation sites excluding steroid dienone is 2. The van der Waals surface area contributed by atoms with Gasteiger partial charge in [0, 0.05) is 0 Å². The van der Waals surface area contributed by atoms with Crippen molar-refractivity contribution in [1.29, 1.82) is 0 Å². The van der Waals surface area contributed by atoms with Crippen LogP contribution in [0.25, 0.3) is 0 Å². The van der Waals surface area contributed by atoms with Gasteiger partial charge in [-0.2, -0.15) is 10.1 Å². The lowest BCUT2D eigenvalue weighted by molar-refractivity contribution is -0.139. The average molecular weight is 284 g/mol. The lowest BCUT2D eigenvalue weighted by Crippen LogP contribution is -2.50. The molecule has 1 heterocycles. The quantitative estimate of drug-likeness (QED) is 0.364. The Bertz CT molecular complexity index is 694. The molecule has 0 radical (unpaired) electrons. The molecular weight excluding hydrogens is 272 g/mol. The number of phenols is 2. The number of carbonyl (C=O) groups is 2. The summed E-state index contributed by atoms with van der Waals surface area (Å²) in [7, 11) is 0. The van der Waals surface area contributed by atoms with Crippen molar-refractivity contribution in [2.75, 3.05) is 0 Å². The standard InChI is InChI=1S/C15H12N2O4/c18-10-4-1-7(5-11(10)19)6-16-17-14(20)12-8-2-3-9(8)13(12)15(17)21/h1-6,8-9,12-13,18-19H/b16-6+/t8-,9?,12-,13+/m0/s1. The highest BCUT2D eigenvalue weighted by molar-refractivity contribution is 6.08. The van der Waals surface area contributed by atoms with Crippen molar-refractivity contribution in [1.82, 2.24) is 5.01 Å². The third-order valence-electron chi connectivity index (χ3n) is 4.53. The van der Waals surface area contributed by atoms with Gasteiger partial charge >= 0.3 is 0 Å². The first-order valence-electron chi connectivity index (χ1n) is 6.70. The fourth-order valence-corrected chi connectivity index (χ4v) is 3.31. The van der Waals surface area contributed by atoms with Crippen LogP contribution in [0.3, 0.4) is 0 Å². The van der Waals surface area contributed by atoms with Crippen molar-refractivity contribution in [3.8, 4) is 11.5 Å².